The van der Waals surface area contributed by atoms with Crippen molar-refractivity contribution in [3.05, 3.63) is 47.5 Å². The van der Waals surface area contributed by atoms with Crippen LogP contribution in [0.5, 0.6) is 5.75 Å². The lowest BCUT2D eigenvalue weighted by Gasteiger charge is -2.38. The number of hydrogen-bond acceptors (Lipinski definition) is 4. The number of nitrogens with zero attached hydrogens (tertiary/aromatic N) is 1. The maximum atomic E-state index is 12.8. The number of amides is 3. The third-order valence-electron chi connectivity index (χ3n) is 4.13. The van der Waals surface area contributed by atoms with Gasteiger partial charge in [-0.15, -0.1) is 0 Å². The Morgan fingerprint density at radius 3 is 2.29 bits per heavy atom. The van der Waals surface area contributed by atoms with Crippen molar-refractivity contribution < 1.29 is 19.1 Å². The molecule has 1 aliphatic rings. The summed E-state index contributed by atoms with van der Waals surface area (Å²) >= 11 is 6.05. The third kappa shape index (κ3) is 4.26. The molecule has 8 heteroatoms. The van der Waals surface area contributed by atoms with Gasteiger partial charge in [0.25, 0.3) is 5.91 Å². The number of nitrogens with one attached hydrogen (secondary N) is 2. The largest absolute Gasteiger partial charge is 0.476 e. The smallest absolute Gasteiger partial charge is 0.271 e. The summed E-state index contributed by atoms with van der Waals surface area (Å²) in [5.74, 6) is -0.397. The van der Waals surface area contributed by atoms with E-state index in [2.05, 4.69) is 10.6 Å². The average molecular weight is 402 g/mol. The summed E-state index contributed by atoms with van der Waals surface area (Å²) < 4.78 is 5.75. The number of carbonyl (C=O) groups is 3. The molecule has 0 saturated carbocycles. The fourth-order valence-corrected chi connectivity index (χ4v) is 3.05. The SMILES string of the molecule is CC(=O)Nc1ccc(NC(=O)CN2C(=O)C(C)(C)Oc3ccc(Cl)cc32)cc1. The summed E-state index contributed by atoms with van der Waals surface area (Å²) in [5.41, 5.74) is 0.527. The number of benzene rings is 2. The van der Waals surface area contributed by atoms with Gasteiger partial charge in [-0.25, -0.2) is 0 Å². The Bertz CT molecular complexity index is 941. The molecule has 1 heterocycles. The van der Waals surface area contributed by atoms with Crippen LogP contribution in [0, 0.1) is 0 Å². The Balaban J connectivity index is 1.76. The van der Waals surface area contributed by atoms with Crippen LogP contribution in [0.3, 0.4) is 0 Å². The molecule has 2 aromatic carbocycles. The molecule has 3 rings (SSSR count). The third-order valence-corrected chi connectivity index (χ3v) is 4.36. The number of fused-ring (bicyclic) bond motifs is 1. The first-order valence-electron chi connectivity index (χ1n) is 8.64. The van der Waals surface area contributed by atoms with E-state index in [0.717, 1.165) is 0 Å². The summed E-state index contributed by atoms with van der Waals surface area (Å²) in [7, 11) is 0. The minimum atomic E-state index is -1.10. The maximum absolute atomic E-state index is 12.8. The molecule has 0 unspecified atom stereocenters. The number of ether oxygens (including phenoxy) is 1. The number of hydrogen-bond donors (Lipinski definition) is 2. The topological polar surface area (TPSA) is 87.7 Å². The van der Waals surface area contributed by atoms with Gasteiger partial charge < -0.3 is 15.4 Å². The molecule has 0 atom stereocenters. The first-order valence-corrected chi connectivity index (χ1v) is 9.01. The zero-order valence-electron chi connectivity index (χ0n) is 15.7. The van der Waals surface area contributed by atoms with E-state index in [9.17, 15) is 14.4 Å². The van der Waals surface area contributed by atoms with Crippen LogP contribution in [0.1, 0.15) is 20.8 Å². The number of rotatable bonds is 4. The van der Waals surface area contributed by atoms with Gasteiger partial charge in [0.15, 0.2) is 5.60 Å². The van der Waals surface area contributed by atoms with Crippen molar-refractivity contribution >= 4 is 46.4 Å². The van der Waals surface area contributed by atoms with E-state index in [4.69, 9.17) is 16.3 Å². The standard InChI is InChI=1S/C20H20ClN3O4/c1-12(25)22-14-5-7-15(8-6-14)23-18(26)11-24-16-10-13(21)4-9-17(16)28-20(2,3)19(24)27/h4-10H,11H2,1-3H3,(H,22,25)(H,23,26). The average Bonchev–Trinajstić information content (AvgIpc) is 2.61. The van der Waals surface area contributed by atoms with Gasteiger partial charge in [0, 0.05) is 23.3 Å². The molecule has 7 nitrogen and oxygen atoms in total. The summed E-state index contributed by atoms with van der Waals surface area (Å²) in [6.07, 6.45) is 0. The predicted molar refractivity (Wildman–Crippen MR) is 108 cm³/mol. The predicted octanol–water partition coefficient (Wildman–Crippen LogP) is 3.44. The molecule has 0 bridgehead atoms. The van der Waals surface area contributed by atoms with Gasteiger partial charge in [-0.1, -0.05) is 11.6 Å². The first-order chi connectivity index (χ1) is 13.2. The van der Waals surface area contributed by atoms with Crippen molar-refractivity contribution in [2.75, 3.05) is 22.1 Å². The van der Waals surface area contributed by atoms with Gasteiger partial charge in [-0.2, -0.15) is 0 Å². The monoisotopic (exact) mass is 401 g/mol. The highest BCUT2D eigenvalue weighted by Gasteiger charge is 2.41. The highest BCUT2D eigenvalue weighted by Crippen LogP contribution is 2.39. The van der Waals surface area contributed by atoms with Crippen molar-refractivity contribution in [1.29, 1.82) is 0 Å². The fraction of sp³-hybridized carbons (Fsp3) is 0.250. The minimum absolute atomic E-state index is 0.178. The second-order valence-electron chi connectivity index (χ2n) is 6.92. The van der Waals surface area contributed by atoms with E-state index in [1.165, 1.54) is 11.8 Å². The Morgan fingerprint density at radius 1 is 1.07 bits per heavy atom. The maximum Gasteiger partial charge on any atom is 0.271 e. The van der Waals surface area contributed by atoms with Crippen molar-refractivity contribution in [2.45, 2.75) is 26.4 Å². The highest BCUT2D eigenvalue weighted by molar-refractivity contribution is 6.31. The van der Waals surface area contributed by atoms with Gasteiger partial charge in [-0.3, -0.25) is 19.3 Å². The quantitative estimate of drug-likeness (QED) is 0.821. The van der Waals surface area contributed by atoms with E-state index in [1.807, 2.05) is 0 Å². The lowest BCUT2D eigenvalue weighted by atomic mass is 10.0. The Hall–Kier alpha value is -3.06. The molecule has 0 fully saturated rings. The normalized spacial score (nSPS) is 14.7. The van der Waals surface area contributed by atoms with Gasteiger partial charge in [0.2, 0.25) is 11.8 Å². The van der Waals surface area contributed by atoms with Crippen LogP contribution in [-0.4, -0.2) is 29.9 Å². The summed E-state index contributed by atoms with van der Waals surface area (Å²) in [6.45, 7) is 4.53. The second-order valence-corrected chi connectivity index (χ2v) is 7.36. The van der Waals surface area contributed by atoms with E-state index < -0.39 is 5.60 Å². The van der Waals surface area contributed by atoms with E-state index in [1.54, 1.807) is 56.3 Å². The number of carbonyl (C=O) groups excluding carboxylic acids is 3. The molecule has 3 amide bonds. The zero-order valence-corrected chi connectivity index (χ0v) is 16.5. The van der Waals surface area contributed by atoms with E-state index >= 15 is 0 Å². The number of anilines is 3. The Kier molecular flexibility index (Phi) is 5.29. The van der Waals surface area contributed by atoms with Crippen LogP contribution < -0.4 is 20.3 Å². The molecule has 0 saturated heterocycles. The lowest BCUT2D eigenvalue weighted by Crippen LogP contribution is -2.54. The van der Waals surface area contributed by atoms with Crippen LogP contribution >= 0.6 is 11.6 Å². The van der Waals surface area contributed by atoms with Crippen LogP contribution in [0.4, 0.5) is 17.1 Å². The van der Waals surface area contributed by atoms with Crippen molar-refractivity contribution in [1.82, 2.24) is 0 Å². The van der Waals surface area contributed by atoms with Crippen LogP contribution in [0.15, 0.2) is 42.5 Å². The van der Waals surface area contributed by atoms with Crippen LogP contribution in [0.25, 0.3) is 0 Å². The van der Waals surface area contributed by atoms with Gasteiger partial charge in [0.05, 0.1) is 5.69 Å². The second kappa shape index (κ2) is 7.52. The van der Waals surface area contributed by atoms with Gasteiger partial charge >= 0.3 is 0 Å². The number of halogens is 1. The van der Waals surface area contributed by atoms with Gasteiger partial charge in [-0.05, 0) is 56.3 Å². The van der Waals surface area contributed by atoms with E-state index in [0.29, 0.717) is 27.8 Å². The molecule has 0 spiro atoms. The molecule has 2 N–H and O–H groups in total. The zero-order chi connectivity index (χ0) is 20.5. The lowest BCUT2D eigenvalue weighted by molar-refractivity contribution is -0.133. The van der Waals surface area contributed by atoms with E-state index in [-0.39, 0.29) is 24.3 Å². The fourth-order valence-electron chi connectivity index (χ4n) is 2.88. The van der Waals surface area contributed by atoms with Crippen molar-refractivity contribution in [2.24, 2.45) is 0 Å². The molecule has 0 radical (unpaired) electrons. The Labute approximate surface area is 167 Å². The first kappa shape index (κ1) is 19.7. The van der Waals surface area contributed by atoms with Crippen molar-refractivity contribution in [3.8, 4) is 5.75 Å². The molecule has 146 valence electrons. The molecule has 2 aromatic rings. The molecular formula is C20H20ClN3O4. The molecular weight excluding hydrogens is 382 g/mol. The minimum Gasteiger partial charge on any atom is -0.476 e. The highest BCUT2D eigenvalue weighted by atomic mass is 35.5. The van der Waals surface area contributed by atoms with Crippen LogP contribution in [-0.2, 0) is 14.4 Å². The molecule has 1 aliphatic heterocycles. The van der Waals surface area contributed by atoms with Gasteiger partial charge in [0.1, 0.15) is 12.3 Å². The summed E-state index contributed by atoms with van der Waals surface area (Å²) in [4.78, 5) is 37.8. The summed E-state index contributed by atoms with van der Waals surface area (Å²) in [6, 6.07) is 11.6. The molecule has 0 aromatic heterocycles. The molecule has 28 heavy (non-hydrogen) atoms. The Morgan fingerprint density at radius 2 is 1.68 bits per heavy atom. The van der Waals surface area contributed by atoms with Crippen molar-refractivity contribution in [3.63, 3.8) is 0 Å². The van der Waals surface area contributed by atoms with Crippen LogP contribution in [0.2, 0.25) is 5.02 Å². The molecule has 0 aliphatic carbocycles. The summed E-state index contributed by atoms with van der Waals surface area (Å²) in [5, 5.41) is 5.83.